The quantitative estimate of drug-likeness (QED) is 0.786. The Hall–Kier alpha value is -1.78. The molecule has 0 aliphatic carbocycles. The lowest BCUT2D eigenvalue weighted by molar-refractivity contribution is 0.354. The lowest BCUT2D eigenvalue weighted by Gasteiger charge is -2.12. The summed E-state index contributed by atoms with van der Waals surface area (Å²) in [5.41, 5.74) is 1.61. The molecular formula is C17H19ClFNO2. The Morgan fingerprint density at radius 1 is 1.05 bits per heavy atom. The van der Waals surface area contributed by atoms with Crippen LogP contribution in [0.4, 0.5) is 4.39 Å². The lowest BCUT2D eigenvalue weighted by atomic mass is 10.1. The van der Waals surface area contributed by atoms with E-state index in [0.717, 1.165) is 5.56 Å². The van der Waals surface area contributed by atoms with E-state index >= 15 is 0 Å². The number of halogens is 2. The summed E-state index contributed by atoms with van der Waals surface area (Å²) in [5, 5.41) is 3.87. The second-order valence-corrected chi connectivity index (χ2v) is 5.22. The highest BCUT2D eigenvalue weighted by Gasteiger charge is 2.09. The van der Waals surface area contributed by atoms with E-state index in [9.17, 15) is 4.39 Å². The molecule has 0 amide bonds. The van der Waals surface area contributed by atoms with Crippen LogP contribution in [0, 0.1) is 5.82 Å². The topological polar surface area (TPSA) is 30.5 Å². The summed E-state index contributed by atoms with van der Waals surface area (Å²) in [6.07, 6.45) is 0.623. The van der Waals surface area contributed by atoms with Gasteiger partial charge in [0.05, 0.1) is 14.2 Å². The van der Waals surface area contributed by atoms with Crippen LogP contribution in [-0.4, -0.2) is 20.8 Å². The van der Waals surface area contributed by atoms with Crippen LogP contribution in [0.15, 0.2) is 36.4 Å². The fourth-order valence-corrected chi connectivity index (χ4v) is 2.40. The van der Waals surface area contributed by atoms with Gasteiger partial charge in [0, 0.05) is 17.6 Å². The summed E-state index contributed by atoms with van der Waals surface area (Å²) in [4.78, 5) is 0. The Balaban J connectivity index is 1.93. The molecule has 0 spiro atoms. The summed E-state index contributed by atoms with van der Waals surface area (Å²) in [5.74, 6) is 1.06. The number of methoxy groups -OCH3 is 2. The van der Waals surface area contributed by atoms with E-state index in [1.165, 1.54) is 6.07 Å². The number of hydrogen-bond acceptors (Lipinski definition) is 3. The van der Waals surface area contributed by atoms with Crippen molar-refractivity contribution in [1.29, 1.82) is 0 Å². The first kappa shape index (κ1) is 16.6. The number of nitrogens with one attached hydrogen (secondary N) is 1. The zero-order chi connectivity index (χ0) is 15.9. The van der Waals surface area contributed by atoms with Gasteiger partial charge in [0.25, 0.3) is 0 Å². The summed E-state index contributed by atoms with van der Waals surface area (Å²) >= 11 is 6.22. The van der Waals surface area contributed by atoms with Crippen LogP contribution in [0.1, 0.15) is 11.1 Å². The molecule has 2 rings (SSSR count). The lowest BCUT2D eigenvalue weighted by Crippen LogP contribution is -2.17. The fraction of sp³-hybridized carbons (Fsp3) is 0.294. The van der Waals surface area contributed by atoms with Crippen LogP contribution >= 0.6 is 11.6 Å². The summed E-state index contributed by atoms with van der Waals surface area (Å²) in [6, 6.07) is 10.4. The highest BCUT2D eigenvalue weighted by molar-refractivity contribution is 6.31. The van der Waals surface area contributed by atoms with Gasteiger partial charge >= 0.3 is 0 Å². The van der Waals surface area contributed by atoms with Gasteiger partial charge in [-0.25, -0.2) is 4.39 Å². The Morgan fingerprint density at radius 3 is 2.41 bits per heavy atom. The zero-order valence-corrected chi connectivity index (χ0v) is 13.4. The number of rotatable bonds is 7. The van der Waals surface area contributed by atoms with Gasteiger partial charge in [0.1, 0.15) is 5.82 Å². The average molecular weight is 324 g/mol. The van der Waals surface area contributed by atoms with Crippen molar-refractivity contribution in [3.63, 3.8) is 0 Å². The average Bonchev–Trinajstić information content (AvgIpc) is 2.53. The van der Waals surface area contributed by atoms with Gasteiger partial charge in [0.2, 0.25) is 0 Å². The Morgan fingerprint density at radius 2 is 1.73 bits per heavy atom. The molecule has 3 nitrogen and oxygen atoms in total. The van der Waals surface area contributed by atoms with Crippen LogP contribution in [-0.2, 0) is 13.0 Å². The van der Waals surface area contributed by atoms with Gasteiger partial charge in [-0.05, 0) is 36.2 Å². The summed E-state index contributed by atoms with van der Waals surface area (Å²) in [7, 11) is 3.15. The van der Waals surface area contributed by atoms with Gasteiger partial charge in [-0.2, -0.15) is 0 Å². The monoisotopic (exact) mass is 323 g/mol. The summed E-state index contributed by atoms with van der Waals surface area (Å²) < 4.78 is 24.0. The molecule has 2 aromatic rings. The number of hydrogen-bond donors (Lipinski definition) is 1. The van der Waals surface area contributed by atoms with Crippen molar-refractivity contribution in [2.75, 3.05) is 20.8 Å². The molecular weight excluding hydrogens is 305 g/mol. The predicted octanol–water partition coefficient (Wildman–Crippen LogP) is 3.83. The maximum atomic E-state index is 13.5. The summed E-state index contributed by atoms with van der Waals surface area (Å²) in [6.45, 7) is 1.24. The molecule has 0 atom stereocenters. The van der Waals surface area contributed by atoms with Crippen LogP contribution in [0.3, 0.4) is 0 Å². The Labute approximate surface area is 135 Å². The first-order chi connectivity index (χ1) is 10.7. The van der Waals surface area contributed by atoms with E-state index in [-0.39, 0.29) is 5.82 Å². The number of ether oxygens (including phenoxy) is 2. The SMILES string of the molecule is COc1cc(Cl)c(CNCCc2ccccc2F)cc1OC. The van der Waals surface area contributed by atoms with Gasteiger partial charge in [-0.3, -0.25) is 0 Å². The van der Waals surface area contributed by atoms with E-state index in [4.69, 9.17) is 21.1 Å². The molecule has 5 heteroatoms. The maximum Gasteiger partial charge on any atom is 0.162 e. The first-order valence-electron chi connectivity index (χ1n) is 7.00. The minimum atomic E-state index is -0.173. The van der Waals surface area contributed by atoms with Gasteiger partial charge in [-0.15, -0.1) is 0 Å². The van der Waals surface area contributed by atoms with E-state index in [1.807, 2.05) is 12.1 Å². The van der Waals surface area contributed by atoms with E-state index in [2.05, 4.69) is 5.32 Å². The van der Waals surface area contributed by atoms with Crippen molar-refractivity contribution >= 4 is 11.6 Å². The second-order valence-electron chi connectivity index (χ2n) is 4.82. The molecule has 0 aliphatic rings. The van der Waals surface area contributed by atoms with Crippen molar-refractivity contribution in [3.8, 4) is 11.5 Å². The third-order valence-corrected chi connectivity index (χ3v) is 3.75. The normalized spacial score (nSPS) is 10.5. The predicted molar refractivity (Wildman–Crippen MR) is 86.4 cm³/mol. The van der Waals surface area contributed by atoms with Crippen LogP contribution in [0.2, 0.25) is 5.02 Å². The molecule has 22 heavy (non-hydrogen) atoms. The Bertz CT molecular complexity index is 634. The molecule has 0 aromatic heterocycles. The minimum absolute atomic E-state index is 0.173. The zero-order valence-electron chi connectivity index (χ0n) is 12.7. The van der Waals surface area contributed by atoms with Crippen LogP contribution < -0.4 is 14.8 Å². The molecule has 0 bridgehead atoms. The van der Waals surface area contributed by atoms with Crippen LogP contribution in [0.5, 0.6) is 11.5 Å². The highest BCUT2D eigenvalue weighted by Crippen LogP contribution is 2.32. The van der Waals surface area contributed by atoms with Gasteiger partial charge < -0.3 is 14.8 Å². The molecule has 0 unspecified atom stereocenters. The van der Waals surface area contributed by atoms with Crippen molar-refractivity contribution in [3.05, 3.63) is 58.4 Å². The van der Waals surface area contributed by atoms with Crippen molar-refractivity contribution in [2.24, 2.45) is 0 Å². The van der Waals surface area contributed by atoms with E-state index in [0.29, 0.717) is 41.6 Å². The minimum Gasteiger partial charge on any atom is -0.493 e. The molecule has 0 heterocycles. The van der Waals surface area contributed by atoms with Crippen molar-refractivity contribution in [1.82, 2.24) is 5.32 Å². The molecule has 0 aliphatic heterocycles. The fourth-order valence-electron chi connectivity index (χ4n) is 2.18. The largest absolute Gasteiger partial charge is 0.493 e. The van der Waals surface area contributed by atoms with E-state index in [1.54, 1.807) is 32.4 Å². The highest BCUT2D eigenvalue weighted by atomic mass is 35.5. The molecule has 1 N–H and O–H groups in total. The Kier molecular flexibility index (Phi) is 6.04. The second kappa shape index (κ2) is 8.01. The molecule has 2 aromatic carbocycles. The molecule has 0 saturated heterocycles. The molecule has 0 radical (unpaired) electrons. The van der Waals surface area contributed by atoms with Crippen molar-refractivity contribution < 1.29 is 13.9 Å². The molecule has 118 valence electrons. The standard InChI is InChI=1S/C17H19ClFNO2/c1-21-16-9-13(14(18)10-17(16)22-2)11-20-8-7-12-5-3-4-6-15(12)19/h3-6,9-10,20H,7-8,11H2,1-2H3. The number of benzene rings is 2. The molecule has 0 saturated carbocycles. The molecule has 0 fully saturated rings. The first-order valence-corrected chi connectivity index (χ1v) is 7.38. The smallest absolute Gasteiger partial charge is 0.162 e. The third-order valence-electron chi connectivity index (χ3n) is 3.40. The van der Waals surface area contributed by atoms with E-state index < -0.39 is 0 Å². The maximum absolute atomic E-state index is 13.5. The third kappa shape index (κ3) is 4.12. The van der Waals surface area contributed by atoms with Gasteiger partial charge in [0.15, 0.2) is 11.5 Å². The van der Waals surface area contributed by atoms with Gasteiger partial charge in [-0.1, -0.05) is 29.8 Å². The van der Waals surface area contributed by atoms with Crippen LogP contribution in [0.25, 0.3) is 0 Å². The van der Waals surface area contributed by atoms with Crippen molar-refractivity contribution in [2.45, 2.75) is 13.0 Å².